The lowest BCUT2D eigenvalue weighted by atomic mass is 9.61. The van der Waals surface area contributed by atoms with Crippen LogP contribution in [0.2, 0.25) is 0 Å². The molecule has 0 aromatic heterocycles. The topological polar surface area (TPSA) is 95.9 Å². The van der Waals surface area contributed by atoms with E-state index in [2.05, 4.69) is 5.32 Å². The van der Waals surface area contributed by atoms with Crippen molar-refractivity contribution in [2.45, 2.75) is 24.3 Å². The Labute approximate surface area is 139 Å². The molecule has 4 rings (SSSR count). The summed E-state index contributed by atoms with van der Waals surface area (Å²) in [5.74, 6) is -4.74. The normalized spacial score (nSPS) is 45.2. The lowest BCUT2D eigenvalue weighted by molar-refractivity contribution is -0.182. The Morgan fingerprint density at radius 3 is 2.17 bits per heavy atom. The molecule has 2 fully saturated rings. The molecule has 0 spiro atoms. The smallest absolute Gasteiger partial charge is 0.310 e. The van der Waals surface area contributed by atoms with Crippen molar-refractivity contribution in [1.82, 2.24) is 5.32 Å². The molecule has 0 amide bonds. The van der Waals surface area contributed by atoms with Crippen molar-refractivity contribution in [3.63, 3.8) is 0 Å². The number of allylic oxidation sites excluding steroid dienone is 5. The first-order valence-electron chi connectivity index (χ1n) is 8.15. The van der Waals surface area contributed by atoms with Crippen molar-refractivity contribution in [1.29, 1.82) is 0 Å². The molecule has 0 aromatic carbocycles. The second-order valence-corrected chi connectivity index (χ2v) is 6.71. The summed E-state index contributed by atoms with van der Waals surface area (Å²) < 4.78 is 6.09. The van der Waals surface area contributed by atoms with Crippen LogP contribution in [0.25, 0.3) is 0 Å². The van der Waals surface area contributed by atoms with Gasteiger partial charge in [-0.25, -0.2) is 0 Å². The average Bonchev–Trinajstić information content (AvgIpc) is 2.58. The average molecular weight is 329 g/mol. The van der Waals surface area contributed by atoms with Gasteiger partial charge < -0.3 is 20.3 Å². The monoisotopic (exact) mass is 329 g/mol. The number of rotatable bonds is 2. The Hall–Kier alpha value is -2.18. The number of carboxylic acids is 2. The van der Waals surface area contributed by atoms with E-state index in [1.807, 2.05) is 42.5 Å². The third-order valence-electron chi connectivity index (χ3n) is 5.50. The van der Waals surface area contributed by atoms with Gasteiger partial charge in [0.05, 0.1) is 30.1 Å². The molecule has 6 nitrogen and oxygen atoms in total. The predicted molar refractivity (Wildman–Crippen MR) is 85.2 cm³/mol. The summed E-state index contributed by atoms with van der Waals surface area (Å²) in [6.45, 7) is 0. The fraction of sp³-hybridized carbons (Fsp3) is 0.444. The Morgan fingerprint density at radius 1 is 0.833 bits per heavy atom. The summed E-state index contributed by atoms with van der Waals surface area (Å²) in [6, 6.07) is -0.252. The van der Waals surface area contributed by atoms with Crippen LogP contribution in [-0.4, -0.2) is 46.4 Å². The number of hydrogen-bond donors (Lipinski definition) is 3. The van der Waals surface area contributed by atoms with Crippen molar-refractivity contribution in [3.8, 4) is 0 Å². The van der Waals surface area contributed by atoms with Gasteiger partial charge in [-0.15, -0.1) is 0 Å². The highest BCUT2D eigenvalue weighted by atomic mass is 16.5. The fourth-order valence-corrected chi connectivity index (χ4v) is 4.50. The molecular weight excluding hydrogens is 310 g/mol. The Morgan fingerprint density at radius 2 is 1.46 bits per heavy atom. The minimum Gasteiger partial charge on any atom is -0.481 e. The Balaban J connectivity index is 1.76. The lowest BCUT2D eigenvalue weighted by Gasteiger charge is -2.53. The van der Waals surface area contributed by atoms with Crippen LogP contribution in [0.3, 0.4) is 0 Å². The number of ether oxygens (including phenoxy) is 1. The quantitative estimate of drug-likeness (QED) is 0.699. The summed E-state index contributed by atoms with van der Waals surface area (Å²) in [4.78, 5) is 23.8. The van der Waals surface area contributed by atoms with Gasteiger partial charge in [-0.3, -0.25) is 9.59 Å². The highest BCUT2D eigenvalue weighted by Gasteiger charge is 2.58. The Kier molecular flexibility index (Phi) is 3.66. The van der Waals surface area contributed by atoms with E-state index in [-0.39, 0.29) is 30.0 Å². The maximum absolute atomic E-state index is 11.9. The van der Waals surface area contributed by atoms with Crippen LogP contribution >= 0.6 is 0 Å². The van der Waals surface area contributed by atoms with Gasteiger partial charge in [0.1, 0.15) is 0 Å². The number of carboxylic acid groups (broad SMARTS) is 2. The molecule has 126 valence electrons. The van der Waals surface area contributed by atoms with Crippen molar-refractivity contribution >= 4 is 11.9 Å². The fourth-order valence-electron chi connectivity index (χ4n) is 4.50. The van der Waals surface area contributed by atoms with Gasteiger partial charge in [0.15, 0.2) is 0 Å². The van der Waals surface area contributed by atoms with E-state index in [1.165, 1.54) is 0 Å². The summed E-state index contributed by atoms with van der Waals surface area (Å²) in [5.41, 5.74) is 0. The number of morpholine rings is 1. The number of hydrogen-bond acceptors (Lipinski definition) is 4. The van der Waals surface area contributed by atoms with Crippen LogP contribution < -0.4 is 5.32 Å². The van der Waals surface area contributed by atoms with Crippen LogP contribution in [0.5, 0.6) is 0 Å². The molecule has 1 heterocycles. The molecule has 7 unspecified atom stereocenters. The van der Waals surface area contributed by atoms with E-state index < -0.39 is 29.9 Å². The summed E-state index contributed by atoms with van der Waals surface area (Å²) >= 11 is 0. The highest BCUT2D eigenvalue weighted by molar-refractivity contribution is 5.82. The second kappa shape index (κ2) is 5.72. The van der Waals surface area contributed by atoms with Crippen LogP contribution in [-0.2, 0) is 14.3 Å². The van der Waals surface area contributed by atoms with Crippen LogP contribution in [0.15, 0.2) is 48.6 Å². The maximum Gasteiger partial charge on any atom is 0.310 e. The van der Waals surface area contributed by atoms with Gasteiger partial charge in [-0.2, -0.15) is 0 Å². The molecule has 8 atom stereocenters. The third-order valence-corrected chi connectivity index (χ3v) is 5.50. The molecule has 4 aliphatic rings. The highest BCUT2D eigenvalue weighted by Crippen LogP contribution is 2.46. The molecule has 1 saturated carbocycles. The van der Waals surface area contributed by atoms with Crippen LogP contribution in [0.4, 0.5) is 0 Å². The van der Waals surface area contributed by atoms with E-state index in [9.17, 15) is 19.8 Å². The largest absolute Gasteiger partial charge is 0.481 e. The molecule has 24 heavy (non-hydrogen) atoms. The zero-order chi connectivity index (χ0) is 16.8. The minimum atomic E-state index is -1.12. The van der Waals surface area contributed by atoms with Gasteiger partial charge in [-0.1, -0.05) is 48.6 Å². The van der Waals surface area contributed by atoms with E-state index in [1.54, 1.807) is 6.08 Å². The van der Waals surface area contributed by atoms with E-state index in [0.29, 0.717) is 0 Å². The first-order chi connectivity index (χ1) is 11.6. The van der Waals surface area contributed by atoms with Gasteiger partial charge in [0.2, 0.25) is 0 Å². The van der Waals surface area contributed by atoms with Crippen LogP contribution in [0.1, 0.15) is 0 Å². The van der Waals surface area contributed by atoms with Gasteiger partial charge >= 0.3 is 11.9 Å². The van der Waals surface area contributed by atoms with Crippen molar-refractivity contribution in [2.75, 3.05) is 0 Å². The molecule has 0 bridgehead atoms. The third kappa shape index (κ3) is 2.25. The molecular formula is C18H19NO5. The van der Waals surface area contributed by atoms with E-state index >= 15 is 0 Å². The zero-order valence-electron chi connectivity index (χ0n) is 12.9. The van der Waals surface area contributed by atoms with Crippen molar-refractivity contribution in [2.24, 2.45) is 23.7 Å². The SMILES string of the molecule is O=C(O)C1C2C=CC=CC2C2NC3C=CC=CC3OC2[C@H]1C(=O)O. The van der Waals surface area contributed by atoms with Crippen molar-refractivity contribution < 1.29 is 24.5 Å². The number of aliphatic carboxylic acids is 2. The maximum atomic E-state index is 11.9. The van der Waals surface area contributed by atoms with Crippen molar-refractivity contribution in [3.05, 3.63) is 48.6 Å². The summed E-state index contributed by atoms with van der Waals surface area (Å²) in [6.07, 6.45) is 14.2. The predicted octanol–water partition coefficient (Wildman–Crippen LogP) is 0.980. The first-order valence-corrected chi connectivity index (χ1v) is 8.15. The van der Waals surface area contributed by atoms with Gasteiger partial charge in [-0.05, 0) is 5.92 Å². The number of carbonyl (C=O) groups is 2. The second-order valence-electron chi connectivity index (χ2n) is 6.71. The lowest BCUT2D eigenvalue weighted by Crippen LogP contribution is -2.68. The molecule has 6 heteroatoms. The zero-order valence-corrected chi connectivity index (χ0v) is 12.9. The standard InChI is InChI=1S/C18H19NO5/c20-17(21)13-9-5-1-2-6-10(9)15-16(14(13)18(22)23)24-12-8-4-3-7-11(12)19-15/h1-16,19H,(H,20,21)(H,22,23)/t9?,10?,11?,12?,13?,14-,15?,16?/m0/s1. The molecule has 3 aliphatic carbocycles. The number of nitrogens with one attached hydrogen (secondary N) is 1. The number of fused-ring (bicyclic) bond motifs is 4. The van der Waals surface area contributed by atoms with Crippen LogP contribution in [0, 0.1) is 23.7 Å². The minimum absolute atomic E-state index is 0.0213. The summed E-state index contributed by atoms with van der Waals surface area (Å²) in [7, 11) is 0. The van der Waals surface area contributed by atoms with E-state index in [4.69, 9.17) is 4.74 Å². The molecule has 1 aliphatic heterocycles. The molecule has 3 N–H and O–H groups in total. The Bertz CT molecular complexity index is 679. The van der Waals surface area contributed by atoms with E-state index in [0.717, 1.165) is 0 Å². The molecule has 1 saturated heterocycles. The van der Waals surface area contributed by atoms with Gasteiger partial charge in [0, 0.05) is 12.0 Å². The first kappa shape index (κ1) is 15.4. The summed E-state index contributed by atoms with van der Waals surface area (Å²) in [5, 5.41) is 22.9. The molecule has 0 radical (unpaired) electrons. The van der Waals surface area contributed by atoms with Gasteiger partial charge in [0.25, 0.3) is 0 Å². The molecule has 0 aromatic rings.